The quantitative estimate of drug-likeness (QED) is 0.595. The zero-order valence-electron chi connectivity index (χ0n) is 10.0. The predicted molar refractivity (Wildman–Crippen MR) is 68.9 cm³/mol. The van der Waals surface area contributed by atoms with Crippen molar-refractivity contribution in [2.45, 2.75) is 17.1 Å². The molecule has 2 atom stereocenters. The number of benzene rings is 1. The second-order valence-corrected chi connectivity index (χ2v) is 6.64. The highest BCUT2D eigenvalue weighted by atomic mass is 35.5. The number of β-amino-alcohol motifs (C(OH)–C–C–N with tert-alkyl or cyclic N) is 2. The molecule has 1 fully saturated rings. The van der Waals surface area contributed by atoms with Crippen molar-refractivity contribution >= 4 is 27.3 Å². The van der Waals surface area contributed by atoms with Gasteiger partial charge >= 0.3 is 0 Å². The van der Waals surface area contributed by atoms with E-state index in [1.165, 1.54) is 0 Å². The maximum Gasteiger partial charge on any atom is 0.271 e. The number of aliphatic hydroxyl groups is 2. The number of nitro groups is 1. The Kier molecular flexibility index (Phi) is 3.98. The number of halogens is 1. The largest absolute Gasteiger partial charge is 0.389 e. The Morgan fingerprint density at radius 1 is 1.30 bits per heavy atom. The highest BCUT2D eigenvalue weighted by Crippen LogP contribution is 2.30. The van der Waals surface area contributed by atoms with Crippen LogP contribution in [0.5, 0.6) is 0 Å². The lowest BCUT2D eigenvalue weighted by molar-refractivity contribution is -0.384. The van der Waals surface area contributed by atoms with Gasteiger partial charge in [0.25, 0.3) is 5.69 Å². The van der Waals surface area contributed by atoms with E-state index in [0.29, 0.717) is 0 Å². The van der Waals surface area contributed by atoms with Crippen molar-refractivity contribution < 1.29 is 23.6 Å². The fourth-order valence-corrected chi connectivity index (χ4v) is 3.87. The van der Waals surface area contributed by atoms with Crippen molar-refractivity contribution in [1.29, 1.82) is 0 Å². The lowest BCUT2D eigenvalue weighted by atomic mass is 10.3. The summed E-state index contributed by atoms with van der Waals surface area (Å²) < 4.78 is 25.4. The Labute approximate surface area is 119 Å². The first-order chi connectivity index (χ1) is 9.23. The molecule has 2 unspecified atom stereocenters. The number of nitrogens with zero attached hydrogens (tertiary/aromatic N) is 2. The van der Waals surface area contributed by atoms with E-state index in [4.69, 9.17) is 11.6 Å². The zero-order chi connectivity index (χ0) is 15.1. The summed E-state index contributed by atoms with van der Waals surface area (Å²) >= 11 is 5.77. The Morgan fingerprint density at radius 3 is 2.30 bits per heavy atom. The maximum absolute atomic E-state index is 12.3. The molecule has 110 valence electrons. The minimum Gasteiger partial charge on any atom is -0.389 e. The average molecular weight is 323 g/mol. The zero-order valence-corrected chi connectivity index (χ0v) is 11.6. The molecule has 1 aliphatic heterocycles. The molecule has 8 nitrogen and oxygen atoms in total. The summed E-state index contributed by atoms with van der Waals surface area (Å²) in [5.41, 5.74) is -0.324. The van der Waals surface area contributed by atoms with Gasteiger partial charge in [-0.2, -0.15) is 4.31 Å². The number of sulfonamides is 1. The summed E-state index contributed by atoms with van der Waals surface area (Å²) in [7, 11) is -4.02. The SMILES string of the molecule is O=[N+]([O-])c1ccc(S(=O)(=O)N2CC(O)C(O)C2)c(Cl)c1. The van der Waals surface area contributed by atoms with Crippen LogP contribution in [0.25, 0.3) is 0 Å². The van der Waals surface area contributed by atoms with E-state index in [1.54, 1.807) is 0 Å². The molecule has 10 heteroatoms. The first-order valence-corrected chi connectivity index (χ1v) is 7.35. The van der Waals surface area contributed by atoms with Crippen LogP contribution in [-0.4, -0.2) is 53.2 Å². The van der Waals surface area contributed by atoms with Crippen LogP contribution in [-0.2, 0) is 10.0 Å². The molecule has 20 heavy (non-hydrogen) atoms. The van der Waals surface area contributed by atoms with Crippen LogP contribution in [0.4, 0.5) is 5.69 Å². The number of hydrogen-bond acceptors (Lipinski definition) is 6. The molecule has 2 rings (SSSR count). The number of hydrogen-bond donors (Lipinski definition) is 2. The van der Waals surface area contributed by atoms with Gasteiger partial charge in [-0.05, 0) is 6.07 Å². The van der Waals surface area contributed by atoms with Crippen molar-refractivity contribution in [3.8, 4) is 0 Å². The van der Waals surface area contributed by atoms with Gasteiger partial charge in [-0.25, -0.2) is 8.42 Å². The summed E-state index contributed by atoms with van der Waals surface area (Å²) in [6, 6.07) is 3.01. The van der Waals surface area contributed by atoms with Crippen LogP contribution in [0, 0.1) is 10.1 Å². The molecule has 1 aromatic carbocycles. The minimum absolute atomic E-state index is 0.253. The fraction of sp³-hybridized carbons (Fsp3) is 0.400. The summed E-state index contributed by atoms with van der Waals surface area (Å²) in [6.07, 6.45) is -2.33. The number of non-ortho nitro benzene ring substituents is 1. The molecule has 0 spiro atoms. The fourth-order valence-electron chi connectivity index (χ4n) is 1.88. The van der Waals surface area contributed by atoms with Gasteiger partial charge in [-0.1, -0.05) is 11.6 Å². The molecule has 0 saturated carbocycles. The first-order valence-electron chi connectivity index (χ1n) is 5.53. The minimum atomic E-state index is -4.02. The molecule has 1 saturated heterocycles. The van der Waals surface area contributed by atoms with E-state index in [1.807, 2.05) is 0 Å². The highest BCUT2D eigenvalue weighted by molar-refractivity contribution is 7.89. The van der Waals surface area contributed by atoms with Crippen molar-refractivity contribution in [2.24, 2.45) is 0 Å². The van der Waals surface area contributed by atoms with Crippen molar-refractivity contribution in [3.63, 3.8) is 0 Å². The number of nitro benzene ring substituents is 1. The third-order valence-electron chi connectivity index (χ3n) is 2.97. The van der Waals surface area contributed by atoms with E-state index in [2.05, 4.69) is 0 Å². The van der Waals surface area contributed by atoms with E-state index in [-0.39, 0.29) is 28.7 Å². The Balaban J connectivity index is 2.38. The second-order valence-electron chi connectivity index (χ2n) is 4.33. The van der Waals surface area contributed by atoms with E-state index in [9.17, 15) is 28.7 Å². The molecule has 1 aliphatic rings. The smallest absolute Gasteiger partial charge is 0.271 e. The predicted octanol–water partition coefficient (Wildman–Crippen LogP) is -0.0257. The lowest BCUT2D eigenvalue weighted by Crippen LogP contribution is -2.30. The van der Waals surface area contributed by atoms with Crippen LogP contribution in [0.1, 0.15) is 0 Å². The molecule has 1 heterocycles. The topological polar surface area (TPSA) is 121 Å². The summed E-state index contributed by atoms with van der Waals surface area (Å²) in [5, 5.41) is 29.1. The van der Waals surface area contributed by atoms with Crippen molar-refractivity contribution in [1.82, 2.24) is 4.31 Å². The Bertz CT molecular complexity index is 639. The Morgan fingerprint density at radius 2 is 1.85 bits per heavy atom. The Hall–Kier alpha value is -1.26. The molecule has 0 radical (unpaired) electrons. The van der Waals surface area contributed by atoms with Crippen LogP contribution in [0.3, 0.4) is 0 Å². The monoisotopic (exact) mass is 322 g/mol. The standard InChI is InChI=1S/C10H11ClN2O6S/c11-7-3-6(13(16)17)1-2-10(7)20(18,19)12-4-8(14)9(15)5-12/h1-3,8-9,14-15H,4-5H2. The third kappa shape index (κ3) is 2.63. The van der Waals surface area contributed by atoms with Gasteiger partial charge in [0, 0.05) is 25.2 Å². The number of aliphatic hydroxyl groups excluding tert-OH is 2. The molecule has 2 N–H and O–H groups in total. The normalized spacial score (nSPS) is 23.9. The molecule has 0 aliphatic carbocycles. The van der Waals surface area contributed by atoms with Crippen LogP contribution in [0.15, 0.2) is 23.1 Å². The molecule has 1 aromatic rings. The van der Waals surface area contributed by atoms with Gasteiger partial charge in [0.2, 0.25) is 10.0 Å². The highest BCUT2D eigenvalue weighted by Gasteiger charge is 2.38. The van der Waals surface area contributed by atoms with Gasteiger partial charge in [-0.15, -0.1) is 0 Å². The van der Waals surface area contributed by atoms with Gasteiger partial charge in [0.1, 0.15) is 4.90 Å². The van der Waals surface area contributed by atoms with E-state index in [0.717, 1.165) is 22.5 Å². The summed E-state index contributed by atoms with van der Waals surface area (Å²) in [5.74, 6) is 0. The third-order valence-corrected chi connectivity index (χ3v) is 5.28. The maximum atomic E-state index is 12.3. The number of rotatable bonds is 3. The van der Waals surface area contributed by atoms with Gasteiger partial charge in [0.15, 0.2) is 0 Å². The lowest BCUT2D eigenvalue weighted by Gasteiger charge is -2.16. The average Bonchev–Trinajstić information content (AvgIpc) is 2.69. The van der Waals surface area contributed by atoms with Crippen molar-refractivity contribution in [3.05, 3.63) is 33.3 Å². The molecular formula is C10H11ClN2O6S. The van der Waals surface area contributed by atoms with Gasteiger partial charge in [-0.3, -0.25) is 10.1 Å². The first kappa shape index (κ1) is 15.1. The summed E-state index contributed by atoms with van der Waals surface area (Å²) in [4.78, 5) is 9.59. The molecule has 0 aromatic heterocycles. The summed E-state index contributed by atoms with van der Waals surface area (Å²) in [6.45, 7) is -0.506. The van der Waals surface area contributed by atoms with E-state index >= 15 is 0 Å². The van der Waals surface area contributed by atoms with Crippen LogP contribution in [0.2, 0.25) is 5.02 Å². The molecule has 0 amide bonds. The second kappa shape index (κ2) is 5.26. The van der Waals surface area contributed by atoms with E-state index < -0.39 is 27.2 Å². The molecular weight excluding hydrogens is 312 g/mol. The van der Waals surface area contributed by atoms with Crippen LogP contribution < -0.4 is 0 Å². The van der Waals surface area contributed by atoms with Gasteiger partial charge < -0.3 is 10.2 Å². The van der Waals surface area contributed by atoms with Crippen LogP contribution >= 0.6 is 11.6 Å². The molecule has 0 bridgehead atoms. The van der Waals surface area contributed by atoms with Gasteiger partial charge in [0.05, 0.1) is 22.2 Å². The van der Waals surface area contributed by atoms with Crippen molar-refractivity contribution in [2.75, 3.05) is 13.1 Å².